The Morgan fingerprint density at radius 3 is 2.56 bits per heavy atom. The van der Waals surface area contributed by atoms with Crippen molar-refractivity contribution in [1.82, 2.24) is 0 Å². The van der Waals surface area contributed by atoms with E-state index < -0.39 is 6.17 Å². The Morgan fingerprint density at radius 1 is 1.67 bits per heavy atom. The van der Waals surface area contributed by atoms with Gasteiger partial charge in [0.15, 0.2) is 0 Å². The summed E-state index contributed by atoms with van der Waals surface area (Å²) in [6.45, 7) is 2.36. The second-order valence-corrected chi connectivity index (χ2v) is 2.99. The molecule has 1 nitrogen and oxygen atoms in total. The molecule has 0 radical (unpaired) electrons. The lowest BCUT2D eigenvalue weighted by Gasteiger charge is -2.12. The summed E-state index contributed by atoms with van der Waals surface area (Å²) in [4.78, 5) is 0. The summed E-state index contributed by atoms with van der Waals surface area (Å²) in [5.41, 5.74) is 5.30. The highest BCUT2D eigenvalue weighted by molar-refractivity contribution is 4.84. The standard InChI is InChI=1S/C7H14FN/c1-5(4-9)7(8)6-2-3-6/h5-7H,2-4,9H2,1H3. The van der Waals surface area contributed by atoms with Crippen molar-refractivity contribution >= 4 is 0 Å². The van der Waals surface area contributed by atoms with Crippen molar-refractivity contribution in [2.75, 3.05) is 6.54 Å². The van der Waals surface area contributed by atoms with Crippen molar-refractivity contribution in [1.29, 1.82) is 0 Å². The average Bonchev–Trinajstić information content (AvgIpc) is 2.66. The molecule has 0 spiro atoms. The van der Waals surface area contributed by atoms with E-state index in [1.165, 1.54) is 0 Å². The topological polar surface area (TPSA) is 26.0 Å². The van der Waals surface area contributed by atoms with E-state index in [1.807, 2.05) is 6.92 Å². The third-order valence-electron chi connectivity index (χ3n) is 1.99. The Morgan fingerprint density at radius 2 is 2.22 bits per heavy atom. The van der Waals surface area contributed by atoms with Crippen LogP contribution in [0.2, 0.25) is 0 Å². The Balaban J connectivity index is 2.22. The van der Waals surface area contributed by atoms with Crippen LogP contribution in [0.15, 0.2) is 0 Å². The van der Waals surface area contributed by atoms with Gasteiger partial charge < -0.3 is 5.73 Å². The molecule has 1 saturated carbocycles. The fourth-order valence-electron chi connectivity index (χ4n) is 1.01. The largest absolute Gasteiger partial charge is 0.330 e. The number of hydrogen-bond acceptors (Lipinski definition) is 1. The third kappa shape index (κ3) is 1.65. The smallest absolute Gasteiger partial charge is 0.107 e. The van der Waals surface area contributed by atoms with Gasteiger partial charge in [-0.05, 0) is 31.2 Å². The lowest BCUT2D eigenvalue weighted by molar-refractivity contribution is 0.216. The minimum absolute atomic E-state index is 0.0671. The van der Waals surface area contributed by atoms with Crippen molar-refractivity contribution in [3.05, 3.63) is 0 Å². The van der Waals surface area contributed by atoms with Crippen molar-refractivity contribution in [2.45, 2.75) is 25.9 Å². The summed E-state index contributed by atoms with van der Waals surface area (Å²) >= 11 is 0. The fraction of sp³-hybridized carbons (Fsp3) is 1.00. The normalized spacial score (nSPS) is 25.7. The van der Waals surface area contributed by atoms with E-state index >= 15 is 0 Å². The molecule has 0 amide bonds. The van der Waals surface area contributed by atoms with Gasteiger partial charge in [0.1, 0.15) is 6.17 Å². The summed E-state index contributed by atoms with van der Waals surface area (Å²) in [7, 11) is 0. The Bertz CT molecular complexity index is 90.9. The third-order valence-corrected chi connectivity index (χ3v) is 1.99. The molecule has 54 valence electrons. The molecule has 1 aliphatic rings. The molecule has 0 aliphatic heterocycles. The first kappa shape index (κ1) is 7.00. The molecule has 0 aromatic carbocycles. The Hall–Kier alpha value is -0.110. The molecule has 1 fully saturated rings. The quantitative estimate of drug-likeness (QED) is 0.614. The number of nitrogens with two attached hydrogens (primary N) is 1. The van der Waals surface area contributed by atoms with Gasteiger partial charge >= 0.3 is 0 Å². The van der Waals surface area contributed by atoms with Crippen molar-refractivity contribution in [3.63, 3.8) is 0 Å². The molecular weight excluding hydrogens is 117 g/mol. The predicted molar refractivity (Wildman–Crippen MR) is 35.8 cm³/mol. The van der Waals surface area contributed by atoms with Crippen molar-refractivity contribution in [3.8, 4) is 0 Å². The lowest BCUT2D eigenvalue weighted by Crippen LogP contribution is -2.23. The van der Waals surface area contributed by atoms with E-state index in [-0.39, 0.29) is 5.92 Å². The highest BCUT2D eigenvalue weighted by Crippen LogP contribution is 2.37. The molecule has 1 aliphatic carbocycles. The van der Waals surface area contributed by atoms with E-state index in [2.05, 4.69) is 0 Å². The Labute approximate surface area is 55.4 Å². The monoisotopic (exact) mass is 131 g/mol. The Kier molecular flexibility index (Phi) is 2.06. The average molecular weight is 131 g/mol. The van der Waals surface area contributed by atoms with Crippen LogP contribution < -0.4 is 5.73 Å². The molecule has 2 N–H and O–H groups in total. The maximum Gasteiger partial charge on any atom is 0.107 e. The van der Waals surface area contributed by atoms with Crippen LogP contribution in [0.1, 0.15) is 19.8 Å². The maximum absolute atomic E-state index is 12.9. The van der Waals surface area contributed by atoms with Crippen LogP contribution in [-0.2, 0) is 0 Å². The minimum atomic E-state index is -0.630. The first-order valence-electron chi connectivity index (χ1n) is 3.60. The fourth-order valence-corrected chi connectivity index (χ4v) is 1.01. The maximum atomic E-state index is 12.9. The van der Waals surface area contributed by atoms with Gasteiger partial charge in [-0.15, -0.1) is 0 Å². The number of rotatable bonds is 3. The van der Waals surface area contributed by atoms with Crippen LogP contribution in [0.5, 0.6) is 0 Å². The highest BCUT2D eigenvalue weighted by Gasteiger charge is 2.34. The van der Waals surface area contributed by atoms with Gasteiger partial charge in [0, 0.05) is 0 Å². The zero-order chi connectivity index (χ0) is 6.85. The van der Waals surface area contributed by atoms with Crippen LogP contribution in [0.3, 0.4) is 0 Å². The summed E-state index contributed by atoms with van der Waals surface area (Å²) in [5.74, 6) is 0.418. The molecule has 0 saturated heterocycles. The summed E-state index contributed by atoms with van der Waals surface area (Å²) in [5, 5.41) is 0. The van der Waals surface area contributed by atoms with E-state index in [9.17, 15) is 4.39 Å². The van der Waals surface area contributed by atoms with Crippen LogP contribution in [0.4, 0.5) is 4.39 Å². The predicted octanol–water partition coefficient (Wildman–Crippen LogP) is 1.33. The van der Waals surface area contributed by atoms with Crippen LogP contribution in [0, 0.1) is 11.8 Å². The van der Waals surface area contributed by atoms with E-state index in [1.54, 1.807) is 0 Å². The van der Waals surface area contributed by atoms with Gasteiger partial charge in [0.2, 0.25) is 0 Å². The van der Waals surface area contributed by atoms with Gasteiger partial charge in [-0.3, -0.25) is 0 Å². The van der Waals surface area contributed by atoms with Gasteiger partial charge in [0.05, 0.1) is 0 Å². The molecule has 2 heteroatoms. The number of hydrogen-bond donors (Lipinski definition) is 1. The molecule has 0 aromatic heterocycles. The highest BCUT2D eigenvalue weighted by atomic mass is 19.1. The van der Waals surface area contributed by atoms with Gasteiger partial charge in [-0.25, -0.2) is 4.39 Å². The second-order valence-electron chi connectivity index (χ2n) is 2.99. The van der Waals surface area contributed by atoms with Crippen LogP contribution in [0.25, 0.3) is 0 Å². The number of halogens is 1. The summed E-state index contributed by atoms with van der Waals surface area (Å²) < 4.78 is 12.9. The minimum Gasteiger partial charge on any atom is -0.330 e. The van der Waals surface area contributed by atoms with Crippen molar-refractivity contribution in [2.24, 2.45) is 17.6 Å². The second kappa shape index (κ2) is 2.65. The number of alkyl halides is 1. The molecular formula is C7H14FN. The molecule has 0 bridgehead atoms. The zero-order valence-electron chi connectivity index (χ0n) is 5.81. The van der Waals surface area contributed by atoms with Gasteiger partial charge in [0.25, 0.3) is 0 Å². The summed E-state index contributed by atoms with van der Waals surface area (Å²) in [6.07, 6.45) is 1.52. The summed E-state index contributed by atoms with van der Waals surface area (Å²) in [6, 6.07) is 0. The first-order valence-corrected chi connectivity index (χ1v) is 3.60. The molecule has 9 heavy (non-hydrogen) atoms. The molecule has 1 rings (SSSR count). The molecule has 0 aromatic rings. The van der Waals surface area contributed by atoms with Gasteiger partial charge in [-0.2, -0.15) is 0 Å². The van der Waals surface area contributed by atoms with E-state index in [0.717, 1.165) is 12.8 Å². The molecule has 0 heterocycles. The zero-order valence-corrected chi connectivity index (χ0v) is 5.81. The molecule has 2 atom stereocenters. The van der Waals surface area contributed by atoms with E-state index in [4.69, 9.17) is 5.73 Å². The SMILES string of the molecule is CC(CN)C(F)C1CC1. The van der Waals surface area contributed by atoms with E-state index in [0.29, 0.717) is 12.5 Å². The van der Waals surface area contributed by atoms with Crippen LogP contribution >= 0.6 is 0 Å². The lowest BCUT2D eigenvalue weighted by atomic mass is 10.0. The van der Waals surface area contributed by atoms with Gasteiger partial charge in [-0.1, -0.05) is 6.92 Å². The van der Waals surface area contributed by atoms with Crippen molar-refractivity contribution < 1.29 is 4.39 Å². The van der Waals surface area contributed by atoms with Crippen LogP contribution in [-0.4, -0.2) is 12.7 Å². The molecule has 2 unspecified atom stereocenters. The first-order chi connectivity index (χ1) is 4.25.